The molecule has 5 heteroatoms. The van der Waals surface area contributed by atoms with Crippen molar-refractivity contribution in [1.82, 2.24) is 5.32 Å². The molecular weight excluding hydrogens is 390 g/mol. The zero-order chi connectivity index (χ0) is 21.8. The topological polar surface area (TPSA) is 64.6 Å². The molecule has 1 atom stereocenters. The fourth-order valence-corrected chi connectivity index (χ4v) is 4.23. The number of dihydropyridines is 1. The van der Waals surface area contributed by atoms with E-state index in [9.17, 15) is 9.59 Å². The van der Waals surface area contributed by atoms with Crippen LogP contribution in [0, 0.1) is 6.92 Å². The molecule has 0 amide bonds. The lowest BCUT2D eigenvalue weighted by Gasteiger charge is -2.34. The molecule has 2 aromatic carbocycles. The van der Waals surface area contributed by atoms with E-state index in [2.05, 4.69) is 5.32 Å². The maximum absolute atomic E-state index is 13.1. The standard InChI is InChI=1S/C26H27NO4/c1-17-11-13-19(14-12-17)24-23(18(2)27-21-9-6-10-22(28)25(21)24)26(29)31-16-15-30-20-7-4-3-5-8-20/h3-5,7-8,11-14,24,27H,6,9-10,15-16H2,1-2H3/t24-/m1/s1. The highest BCUT2D eigenvalue weighted by Gasteiger charge is 2.39. The van der Waals surface area contributed by atoms with Gasteiger partial charge in [0.05, 0.1) is 5.57 Å². The predicted octanol–water partition coefficient (Wildman–Crippen LogP) is 4.59. The predicted molar refractivity (Wildman–Crippen MR) is 119 cm³/mol. The van der Waals surface area contributed by atoms with Crippen LogP contribution in [0.15, 0.2) is 77.1 Å². The van der Waals surface area contributed by atoms with Gasteiger partial charge in [0, 0.05) is 29.3 Å². The van der Waals surface area contributed by atoms with Crippen LogP contribution >= 0.6 is 0 Å². The normalized spacial score (nSPS) is 18.4. The summed E-state index contributed by atoms with van der Waals surface area (Å²) in [5, 5.41) is 3.31. The van der Waals surface area contributed by atoms with E-state index < -0.39 is 11.9 Å². The van der Waals surface area contributed by atoms with Crippen molar-refractivity contribution in [2.75, 3.05) is 13.2 Å². The van der Waals surface area contributed by atoms with Crippen LogP contribution in [-0.2, 0) is 14.3 Å². The highest BCUT2D eigenvalue weighted by molar-refractivity contribution is 6.03. The quantitative estimate of drug-likeness (QED) is 0.550. The molecule has 0 saturated carbocycles. The number of ether oxygens (including phenoxy) is 2. The second kappa shape index (κ2) is 9.21. The van der Waals surface area contributed by atoms with Crippen LogP contribution < -0.4 is 10.1 Å². The van der Waals surface area contributed by atoms with E-state index in [1.165, 1.54) is 0 Å². The fourth-order valence-electron chi connectivity index (χ4n) is 4.23. The van der Waals surface area contributed by atoms with Crippen molar-refractivity contribution < 1.29 is 19.1 Å². The first-order valence-corrected chi connectivity index (χ1v) is 10.7. The van der Waals surface area contributed by atoms with Gasteiger partial charge in [-0.05, 0) is 44.4 Å². The highest BCUT2D eigenvalue weighted by Crippen LogP contribution is 2.42. The Labute approximate surface area is 182 Å². The molecule has 5 nitrogen and oxygen atoms in total. The smallest absolute Gasteiger partial charge is 0.336 e. The monoisotopic (exact) mass is 417 g/mol. The molecule has 1 heterocycles. The number of para-hydroxylation sites is 1. The summed E-state index contributed by atoms with van der Waals surface area (Å²) in [6.45, 7) is 4.29. The summed E-state index contributed by atoms with van der Waals surface area (Å²) in [6, 6.07) is 17.4. The minimum absolute atomic E-state index is 0.101. The summed E-state index contributed by atoms with van der Waals surface area (Å²) in [7, 11) is 0. The zero-order valence-corrected chi connectivity index (χ0v) is 17.9. The third-order valence-corrected chi connectivity index (χ3v) is 5.73. The Morgan fingerprint density at radius 2 is 1.74 bits per heavy atom. The van der Waals surface area contributed by atoms with Crippen LogP contribution in [-0.4, -0.2) is 25.0 Å². The van der Waals surface area contributed by atoms with E-state index in [-0.39, 0.29) is 19.0 Å². The first kappa shape index (κ1) is 20.9. The lowest BCUT2D eigenvalue weighted by Crippen LogP contribution is -2.34. The van der Waals surface area contributed by atoms with Crippen molar-refractivity contribution in [3.8, 4) is 5.75 Å². The first-order chi connectivity index (χ1) is 15.0. The average Bonchev–Trinajstić information content (AvgIpc) is 2.77. The molecule has 0 bridgehead atoms. The molecule has 0 radical (unpaired) electrons. The number of aryl methyl sites for hydroxylation is 1. The molecule has 2 aliphatic rings. The minimum Gasteiger partial charge on any atom is -0.490 e. The number of hydrogen-bond acceptors (Lipinski definition) is 5. The fraction of sp³-hybridized carbons (Fsp3) is 0.308. The van der Waals surface area contributed by atoms with E-state index >= 15 is 0 Å². The molecule has 4 rings (SSSR count). The van der Waals surface area contributed by atoms with E-state index in [1.54, 1.807) is 0 Å². The molecule has 0 spiro atoms. The third kappa shape index (κ3) is 4.55. The summed E-state index contributed by atoms with van der Waals surface area (Å²) in [6.07, 6.45) is 2.15. The van der Waals surface area contributed by atoms with Crippen molar-refractivity contribution in [3.63, 3.8) is 0 Å². The Morgan fingerprint density at radius 1 is 1.00 bits per heavy atom. The number of nitrogens with one attached hydrogen (secondary N) is 1. The Kier molecular flexibility index (Phi) is 6.21. The van der Waals surface area contributed by atoms with Gasteiger partial charge in [-0.15, -0.1) is 0 Å². The second-order valence-corrected chi connectivity index (χ2v) is 7.97. The number of hydrogen-bond donors (Lipinski definition) is 1. The Hall–Kier alpha value is -3.34. The van der Waals surface area contributed by atoms with Crippen molar-refractivity contribution in [1.29, 1.82) is 0 Å². The van der Waals surface area contributed by atoms with Gasteiger partial charge in [-0.3, -0.25) is 4.79 Å². The molecule has 0 aromatic heterocycles. The lowest BCUT2D eigenvalue weighted by molar-refractivity contribution is -0.140. The van der Waals surface area contributed by atoms with Gasteiger partial charge in [0.25, 0.3) is 0 Å². The van der Waals surface area contributed by atoms with E-state index in [1.807, 2.05) is 68.4 Å². The van der Waals surface area contributed by atoms with Crippen molar-refractivity contribution in [3.05, 3.63) is 88.3 Å². The number of ketones is 1. The molecule has 1 aliphatic heterocycles. The van der Waals surface area contributed by atoms with Gasteiger partial charge in [-0.2, -0.15) is 0 Å². The molecular formula is C26H27NO4. The summed E-state index contributed by atoms with van der Waals surface area (Å²) in [5.41, 5.74) is 4.94. The Balaban J connectivity index is 1.55. The van der Waals surface area contributed by atoms with E-state index in [4.69, 9.17) is 9.47 Å². The van der Waals surface area contributed by atoms with Crippen molar-refractivity contribution in [2.24, 2.45) is 0 Å². The average molecular weight is 418 g/mol. The third-order valence-electron chi connectivity index (χ3n) is 5.73. The SMILES string of the molecule is CC1=C(C(=O)OCCOc2ccccc2)[C@@H](c2ccc(C)cc2)C2=C(CCCC2=O)N1. The molecule has 0 unspecified atom stereocenters. The molecule has 0 saturated heterocycles. The molecule has 1 aliphatic carbocycles. The number of rotatable bonds is 6. The van der Waals surface area contributed by atoms with Crippen molar-refractivity contribution in [2.45, 2.75) is 39.0 Å². The van der Waals surface area contributed by atoms with Crippen molar-refractivity contribution >= 4 is 11.8 Å². The van der Waals surface area contributed by atoms with Gasteiger partial charge in [0.15, 0.2) is 5.78 Å². The van der Waals surface area contributed by atoms with Crippen LogP contribution in [0.2, 0.25) is 0 Å². The largest absolute Gasteiger partial charge is 0.490 e. The number of carbonyl (C=O) groups excluding carboxylic acids is 2. The maximum Gasteiger partial charge on any atom is 0.336 e. The lowest BCUT2D eigenvalue weighted by atomic mass is 9.75. The second-order valence-electron chi connectivity index (χ2n) is 7.97. The van der Waals surface area contributed by atoms with Crippen LogP contribution in [0.3, 0.4) is 0 Å². The van der Waals surface area contributed by atoms with Crippen LogP contribution in [0.4, 0.5) is 0 Å². The maximum atomic E-state index is 13.1. The van der Waals surface area contributed by atoms with Gasteiger partial charge >= 0.3 is 5.97 Å². The number of allylic oxidation sites excluding steroid dienone is 3. The van der Waals surface area contributed by atoms with Crippen LogP contribution in [0.5, 0.6) is 5.75 Å². The highest BCUT2D eigenvalue weighted by atomic mass is 16.6. The summed E-state index contributed by atoms with van der Waals surface area (Å²) < 4.78 is 11.2. The van der Waals surface area contributed by atoms with Gasteiger partial charge < -0.3 is 14.8 Å². The van der Waals surface area contributed by atoms with Gasteiger partial charge in [-0.25, -0.2) is 4.79 Å². The van der Waals surface area contributed by atoms with E-state index in [0.717, 1.165) is 41.1 Å². The summed E-state index contributed by atoms with van der Waals surface area (Å²) >= 11 is 0. The molecule has 2 aromatic rings. The van der Waals surface area contributed by atoms with Gasteiger partial charge in [0.2, 0.25) is 0 Å². The van der Waals surface area contributed by atoms with Crippen LogP contribution in [0.1, 0.15) is 43.2 Å². The van der Waals surface area contributed by atoms with Gasteiger partial charge in [0.1, 0.15) is 19.0 Å². The molecule has 1 N–H and O–H groups in total. The molecule has 0 fully saturated rings. The van der Waals surface area contributed by atoms with Gasteiger partial charge in [-0.1, -0.05) is 48.0 Å². The Bertz CT molecular complexity index is 1030. The Morgan fingerprint density at radius 3 is 2.48 bits per heavy atom. The number of carbonyl (C=O) groups is 2. The first-order valence-electron chi connectivity index (χ1n) is 10.7. The van der Waals surface area contributed by atoms with Crippen LogP contribution in [0.25, 0.3) is 0 Å². The molecule has 31 heavy (non-hydrogen) atoms. The summed E-state index contributed by atoms with van der Waals surface area (Å²) in [5.74, 6) is 0.00213. The van der Waals surface area contributed by atoms with E-state index in [0.29, 0.717) is 17.6 Å². The number of Topliss-reactive ketones (excluding diaryl/α,β-unsaturated/α-hetero) is 1. The summed E-state index contributed by atoms with van der Waals surface area (Å²) in [4.78, 5) is 26.0. The zero-order valence-electron chi connectivity index (χ0n) is 17.9. The molecule has 160 valence electrons. The number of esters is 1. The minimum atomic E-state index is -0.419. The number of benzene rings is 2.